The third-order valence-electron chi connectivity index (χ3n) is 7.20. The summed E-state index contributed by atoms with van der Waals surface area (Å²) in [6.07, 6.45) is 3.85. The molecule has 0 aliphatic carbocycles. The molecule has 2 aliphatic rings. The molecule has 0 unspecified atom stereocenters. The lowest BCUT2D eigenvalue weighted by Gasteiger charge is -2.35. The van der Waals surface area contributed by atoms with E-state index < -0.39 is 5.43 Å². The molecular formula is C27H31N5O3. The summed E-state index contributed by atoms with van der Waals surface area (Å²) in [5.41, 5.74) is 1.75. The molecule has 182 valence electrons. The topological polar surface area (TPSA) is 85.8 Å². The molecule has 8 heteroatoms. The first kappa shape index (κ1) is 23.1. The summed E-state index contributed by atoms with van der Waals surface area (Å²) < 4.78 is 0. The number of aromatic nitrogens is 1. The summed E-state index contributed by atoms with van der Waals surface area (Å²) in [5.74, 6) is 1.62. The van der Waals surface area contributed by atoms with Gasteiger partial charge in [0.2, 0.25) is 0 Å². The van der Waals surface area contributed by atoms with E-state index in [1.807, 2.05) is 52.3 Å². The lowest BCUT2D eigenvalue weighted by molar-refractivity contribution is 0.0746. The highest BCUT2D eigenvalue weighted by Gasteiger charge is 2.28. The molecule has 0 spiro atoms. The number of nitrogens with zero attached hydrogens (tertiary/aromatic N) is 4. The van der Waals surface area contributed by atoms with E-state index in [-0.39, 0.29) is 11.3 Å². The lowest BCUT2D eigenvalue weighted by Crippen LogP contribution is -2.49. The maximum absolute atomic E-state index is 13.0. The average molecular weight is 474 g/mol. The van der Waals surface area contributed by atoms with Crippen LogP contribution in [0.2, 0.25) is 0 Å². The molecule has 0 saturated carbocycles. The van der Waals surface area contributed by atoms with Gasteiger partial charge in [-0.25, -0.2) is 4.98 Å². The van der Waals surface area contributed by atoms with Gasteiger partial charge >= 0.3 is 0 Å². The molecule has 2 aromatic carbocycles. The van der Waals surface area contributed by atoms with Gasteiger partial charge in [0.1, 0.15) is 17.2 Å². The van der Waals surface area contributed by atoms with E-state index in [1.54, 1.807) is 6.20 Å². The Morgan fingerprint density at radius 1 is 0.914 bits per heavy atom. The molecule has 1 N–H and O–H groups in total. The first-order valence-electron chi connectivity index (χ1n) is 12.4. The Labute approximate surface area is 204 Å². The van der Waals surface area contributed by atoms with Gasteiger partial charge in [0.05, 0.1) is 0 Å². The van der Waals surface area contributed by atoms with Crippen LogP contribution in [0.15, 0.2) is 58.3 Å². The molecule has 0 radical (unpaired) electrons. The Morgan fingerprint density at radius 2 is 1.63 bits per heavy atom. The molecule has 0 bridgehead atoms. The van der Waals surface area contributed by atoms with Gasteiger partial charge in [-0.15, -0.1) is 0 Å². The molecule has 35 heavy (non-hydrogen) atoms. The molecule has 3 aromatic rings. The average Bonchev–Trinajstić information content (AvgIpc) is 2.92. The zero-order valence-corrected chi connectivity index (χ0v) is 20.1. The third kappa shape index (κ3) is 4.78. The van der Waals surface area contributed by atoms with Crippen molar-refractivity contribution in [3.63, 3.8) is 0 Å². The van der Waals surface area contributed by atoms with E-state index in [9.17, 15) is 14.4 Å². The summed E-state index contributed by atoms with van der Waals surface area (Å²) in [6, 6.07) is 13.3. The van der Waals surface area contributed by atoms with Gasteiger partial charge in [-0.2, -0.15) is 0 Å². The zero-order chi connectivity index (χ0) is 24.4. The van der Waals surface area contributed by atoms with Crippen LogP contribution in [-0.2, 0) is 6.54 Å². The van der Waals surface area contributed by atoms with E-state index in [0.29, 0.717) is 42.5 Å². The highest BCUT2D eigenvalue weighted by molar-refractivity contribution is 5.94. The van der Waals surface area contributed by atoms with Crippen LogP contribution in [0.1, 0.15) is 35.7 Å². The molecule has 1 aromatic heterocycles. The van der Waals surface area contributed by atoms with Crippen molar-refractivity contribution in [1.82, 2.24) is 9.88 Å². The van der Waals surface area contributed by atoms with Gasteiger partial charge in [0.15, 0.2) is 0 Å². The second kappa shape index (κ2) is 9.90. The van der Waals surface area contributed by atoms with E-state index in [1.165, 1.54) is 0 Å². The van der Waals surface area contributed by atoms with E-state index in [4.69, 9.17) is 0 Å². The fourth-order valence-corrected chi connectivity index (χ4v) is 4.90. The summed E-state index contributed by atoms with van der Waals surface area (Å²) in [6.45, 7) is 7.09. The number of benzene rings is 1. The number of amides is 1. The summed E-state index contributed by atoms with van der Waals surface area (Å²) in [5, 5.41) is 3.17. The normalized spacial score (nSPS) is 17.1. The Kier molecular flexibility index (Phi) is 6.53. The van der Waals surface area contributed by atoms with Crippen LogP contribution in [0, 0.1) is 5.92 Å². The summed E-state index contributed by atoms with van der Waals surface area (Å²) in [7, 11) is 0. The fourth-order valence-electron chi connectivity index (χ4n) is 4.90. The number of pyridine rings is 1. The van der Waals surface area contributed by atoms with Crippen LogP contribution in [0.25, 0.3) is 0 Å². The third-order valence-corrected chi connectivity index (χ3v) is 7.20. The van der Waals surface area contributed by atoms with Crippen LogP contribution >= 0.6 is 0 Å². The second-order valence-corrected chi connectivity index (χ2v) is 9.57. The van der Waals surface area contributed by atoms with Crippen molar-refractivity contribution in [3.8, 4) is 0 Å². The van der Waals surface area contributed by atoms with Crippen molar-refractivity contribution in [2.45, 2.75) is 26.3 Å². The Balaban J connectivity index is 1.16. The van der Waals surface area contributed by atoms with Crippen molar-refractivity contribution >= 4 is 23.1 Å². The van der Waals surface area contributed by atoms with Crippen LogP contribution in [0.3, 0.4) is 0 Å². The number of piperazine rings is 1. The van der Waals surface area contributed by atoms with E-state index in [0.717, 1.165) is 50.4 Å². The zero-order valence-electron chi connectivity index (χ0n) is 20.1. The molecule has 5 rings (SSSR count). The largest absolute Gasteiger partial charge is 0.376 e. The first-order chi connectivity index (χ1) is 17.0. The molecular weight excluding hydrogens is 442 g/mol. The van der Waals surface area contributed by atoms with Crippen LogP contribution in [-0.4, -0.2) is 55.1 Å². The predicted molar refractivity (Wildman–Crippen MR) is 138 cm³/mol. The second-order valence-electron chi connectivity index (χ2n) is 9.57. The molecule has 2 saturated heterocycles. The quantitative estimate of drug-likeness (QED) is 0.551. The summed E-state index contributed by atoms with van der Waals surface area (Å²) in [4.78, 5) is 47.9. The number of carbonyl (C=O) groups is 1. The van der Waals surface area contributed by atoms with Crippen LogP contribution < -0.4 is 26.0 Å². The Morgan fingerprint density at radius 3 is 2.29 bits per heavy atom. The Bertz CT molecular complexity index is 1230. The minimum absolute atomic E-state index is 0.0225. The van der Waals surface area contributed by atoms with Gasteiger partial charge in [-0.05, 0) is 48.6 Å². The smallest absolute Gasteiger partial charge is 0.253 e. The number of anilines is 3. The number of hydrogen-bond donors (Lipinski definition) is 1. The molecule has 2 aliphatic heterocycles. The van der Waals surface area contributed by atoms with Crippen molar-refractivity contribution in [3.05, 3.63) is 80.2 Å². The van der Waals surface area contributed by atoms with Crippen molar-refractivity contribution in [2.24, 2.45) is 5.92 Å². The predicted octanol–water partition coefficient (Wildman–Crippen LogP) is 2.49. The van der Waals surface area contributed by atoms with Gasteiger partial charge in [-0.1, -0.05) is 25.1 Å². The molecule has 1 amide bonds. The number of carbonyl (C=O) groups excluding carboxylic acids is 1. The van der Waals surface area contributed by atoms with E-state index in [2.05, 4.69) is 22.1 Å². The molecule has 3 heterocycles. The van der Waals surface area contributed by atoms with Crippen molar-refractivity contribution in [1.29, 1.82) is 0 Å². The van der Waals surface area contributed by atoms with Crippen LogP contribution in [0.5, 0.6) is 0 Å². The van der Waals surface area contributed by atoms with Gasteiger partial charge < -0.3 is 20.0 Å². The SMILES string of the molecule is CC1CCN(c2c(NCc3ccc(C(=O)N4CCN(c5ccccn5)CC4)cc3)c(=O)c2=O)CC1. The molecule has 8 nitrogen and oxygen atoms in total. The number of piperidine rings is 1. The minimum Gasteiger partial charge on any atom is -0.376 e. The van der Waals surface area contributed by atoms with Crippen molar-refractivity contribution < 1.29 is 4.79 Å². The van der Waals surface area contributed by atoms with Gasteiger partial charge in [0, 0.05) is 57.6 Å². The van der Waals surface area contributed by atoms with E-state index >= 15 is 0 Å². The Hall–Kier alpha value is -3.68. The number of nitrogens with one attached hydrogen (secondary N) is 1. The maximum Gasteiger partial charge on any atom is 0.253 e. The molecule has 2 fully saturated rings. The summed E-state index contributed by atoms with van der Waals surface area (Å²) >= 11 is 0. The fraction of sp³-hybridized carbons (Fsp3) is 0.407. The van der Waals surface area contributed by atoms with Crippen LogP contribution in [0.4, 0.5) is 17.2 Å². The van der Waals surface area contributed by atoms with Gasteiger partial charge in [0.25, 0.3) is 16.8 Å². The van der Waals surface area contributed by atoms with Gasteiger partial charge in [-0.3, -0.25) is 14.4 Å². The minimum atomic E-state index is -0.435. The lowest BCUT2D eigenvalue weighted by atomic mass is 9.98. The van der Waals surface area contributed by atoms with Crippen molar-refractivity contribution in [2.75, 3.05) is 54.4 Å². The first-order valence-corrected chi connectivity index (χ1v) is 12.4. The molecule has 0 atom stereocenters. The highest BCUT2D eigenvalue weighted by atomic mass is 16.2. The monoisotopic (exact) mass is 473 g/mol. The highest BCUT2D eigenvalue weighted by Crippen LogP contribution is 2.26. The standard InChI is InChI=1S/C27H31N5O3/c1-19-9-12-31(13-10-19)24-23(25(33)26(24)34)29-18-20-5-7-21(8-6-20)27(35)32-16-14-30(15-17-32)22-4-2-3-11-28-22/h2-8,11,19,29H,9-10,12-18H2,1H3. The maximum atomic E-state index is 13.0. The number of rotatable bonds is 6. The number of hydrogen-bond acceptors (Lipinski definition) is 7.